The number of halogens is 3. The van der Waals surface area contributed by atoms with Crippen LogP contribution >= 0.6 is 34.4 Å². The lowest BCUT2D eigenvalue weighted by Gasteiger charge is -2.08. The van der Waals surface area contributed by atoms with Crippen molar-refractivity contribution in [2.24, 2.45) is 0 Å². The Kier molecular flexibility index (Phi) is 7.37. The Morgan fingerprint density at radius 2 is 1.83 bits per heavy atom. The van der Waals surface area contributed by atoms with Gasteiger partial charge >= 0.3 is 0 Å². The maximum atomic E-state index is 13.4. The van der Waals surface area contributed by atoms with Gasteiger partial charge in [0.25, 0.3) is 11.2 Å². The van der Waals surface area contributed by atoms with Crippen molar-refractivity contribution in [3.63, 3.8) is 0 Å². The van der Waals surface area contributed by atoms with Crippen molar-refractivity contribution < 1.29 is 18.4 Å². The molecule has 0 amide bonds. The largest absolute Gasteiger partial charge is 0.493 e. The summed E-state index contributed by atoms with van der Waals surface area (Å²) in [5.41, 5.74) is 0.434. The molecule has 0 atom stereocenters. The molecule has 7 nitrogen and oxygen atoms in total. The molecule has 30 heavy (non-hydrogen) atoms. The Morgan fingerprint density at radius 3 is 2.47 bits per heavy atom. The van der Waals surface area contributed by atoms with Crippen molar-refractivity contribution in [3.8, 4) is 5.75 Å². The van der Waals surface area contributed by atoms with Crippen LogP contribution in [0.1, 0.15) is 11.3 Å². The van der Waals surface area contributed by atoms with E-state index in [4.69, 9.17) is 4.74 Å². The quantitative estimate of drug-likeness (QED) is 0.113. The first-order valence-corrected chi connectivity index (χ1v) is 10.6. The minimum atomic E-state index is -0.692. The van der Waals surface area contributed by atoms with E-state index in [0.29, 0.717) is 31.5 Å². The Labute approximate surface area is 187 Å². The van der Waals surface area contributed by atoms with Gasteiger partial charge < -0.3 is 9.72 Å². The van der Waals surface area contributed by atoms with Gasteiger partial charge in [-0.2, -0.15) is 0 Å². The first kappa shape index (κ1) is 22.2. The van der Waals surface area contributed by atoms with Gasteiger partial charge in [0.2, 0.25) is 0 Å². The molecule has 1 heterocycles. The van der Waals surface area contributed by atoms with Gasteiger partial charge in [0.1, 0.15) is 21.0 Å². The zero-order valence-corrected chi connectivity index (χ0v) is 18.2. The van der Waals surface area contributed by atoms with E-state index in [-0.39, 0.29) is 24.3 Å². The summed E-state index contributed by atoms with van der Waals surface area (Å²) in [6.45, 7) is 0.280. The minimum absolute atomic E-state index is 0.0249. The molecule has 0 radical (unpaired) electrons. The van der Waals surface area contributed by atoms with E-state index >= 15 is 0 Å². The fraction of sp³-hybridized carbons (Fsp3) is 0.158. The predicted molar refractivity (Wildman–Crippen MR) is 116 cm³/mol. The highest BCUT2D eigenvalue weighted by molar-refractivity contribution is 14.1. The average Bonchev–Trinajstić information content (AvgIpc) is 2.68. The molecule has 3 aromatic rings. The number of aromatic nitrogens is 2. The molecule has 0 aliphatic heterocycles. The van der Waals surface area contributed by atoms with Gasteiger partial charge in [-0.15, -0.1) is 0 Å². The van der Waals surface area contributed by atoms with E-state index in [1.54, 1.807) is 0 Å². The third kappa shape index (κ3) is 5.98. The smallest absolute Gasteiger partial charge is 0.269 e. The lowest BCUT2D eigenvalue weighted by Crippen LogP contribution is -2.17. The summed E-state index contributed by atoms with van der Waals surface area (Å²) in [7, 11) is 0. The highest BCUT2D eigenvalue weighted by Gasteiger charge is 2.12. The summed E-state index contributed by atoms with van der Waals surface area (Å²) in [5, 5.41) is 11.0. The maximum absolute atomic E-state index is 13.4. The van der Waals surface area contributed by atoms with Crippen LogP contribution < -0.4 is 10.3 Å². The molecule has 3 rings (SSSR count). The summed E-state index contributed by atoms with van der Waals surface area (Å²) in [6.07, 6.45) is 0.115. The summed E-state index contributed by atoms with van der Waals surface area (Å²) in [6, 6.07) is 8.89. The first-order chi connectivity index (χ1) is 14.3. The number of hydrogen-bond donors (Lipinski definition) is 1. The van der Waals surface area contributed by atoms with Crippen LogP contribution in [0.15, 0.2) is 52.4 Å². The van der Waals surface area contributed by atoms with E-state index in [1.165, 1.54) is 48.2 Å². The van der Waals surface area contributed by atoms with Crippen LogP contribution in [0.4, 0.5) is 14.5 Å². The summed E-state index contributed by atoms with van der Waals surface area (Å²) in [5.74, 6) is -0.445. The second kappa shape index (κ2) is 9.98. The van der Waals surface area contributed by atoms with Crippen LogP contribution in [0.25, 0.3) is 0 Å². The standard InChI is InChI=1S/C19H14F2IN3O4S/c20-12-7-11(8-13(21)10-12)9-16-17(22)18(26)24-19(23-16)30-6-5-29-15-3-1-14(2-4-15)25(27)28/h1-4,7-8,10H,5-6,9H2,(H,23,24,26). The number of nitrogens with one attached hydrogen (secondary N) is 1. The lowest BCUT2D eigenvalue weighted by atomic mass is 10.1. The van der Waals surface area contributed by atoms with Gasteiger partial charge in [-0.25, -0.2) is 13.8 Å². The van der Waals surface area contributed by atoms with Gasteiger partial charge in [-0.3, -0.25) is 14.9 Å². The number of aromatic amines is 1. The molecule has 156 valence electrons. The highest BCUT2D eigenvalue weighted by Crippen LogP contribution is 2.20. The fourth-order valence-corrected chi connectivity index (χ4v) is 3.68. The number of nitro benzene ring substituents is 1. The number of nitro groups is 1. The molecule has 0 unspecified atom stereocenters. The van der Waals surface area contributed by atoms with Crippen molar-refractivity contribution in [3.05, 3.63) is 89.4 Å². The molecule has 0 aliphatic carbocycles. The molecular formula is C19H14F2IN3O4S. The summed E-state index contributed by atoms with van der Waals surface area (Å²) >= 11 is 3.10. The Balaban J connectivity index is 1.62. The highest BCUT2D eigenvalue weighted by atomic mass is 127. The SMILES string of the molecule is O=c1[nH]c(SCCOc2ccc([N+](=O)[O-])cc2)nc(Cc2cc(F)cc(F)c2)c1I. The average molecular weight is 545 g/mol. The second-order valence-electron chi connectivity index (χ2n) is 6.03. The summed E-state index contributed by atoms with van der Waals surface area (Å²) < 4.78 is 32.7. The molecule has 1 aromatic heterocycles. The Bertz CT molecular complexity index is 1110. The molecule has 0 spiro atoms. The number of rotatable bonds is 8. The first-order valence-electron chi connectivity index (χ1n) is 8.55. The van der Waals surface area contributed by atoms with Gasteiger partial charge in [0, 0.05) is 30.4 Å². The van der Waals surface area contributed by atoms with Gasteiger partial charge in [0.05, 0.1) is 17.2 Å². The summed E-state index contributed by atoms with van der Waals surface area (Å²) in [4.78, 5) is 29.4. The molecule has 0 aliphatic rings. The monoisotopic (exact) mass is 545 g/mol. The molecular weight excluding hydrogens is 531 g/mol. The van der Waals surface area contributed by atoms with Gasteiger partial charge in [-0.1, -0.05) is 11.8 Å². The Hall–Kier alpha value is -2.54. The van der Waals surface area contributed by atoms with E-state index in [2.05, 4.69) is 9.97 Å². The Morgan fingerprint density at radius 1 is 1.17 bits per heavy atom. The number of thioether (sulfide) groups is 1. The molecule has 0 saturated carbocycles. The normalized spacial score (nSPS) is 10.8. The molecule has 0 bridgehead atoms. The van der Waals surface area contributed by atoms with Gasteiger partial charge in [-0.05, 0) is 52.4 Å². The van der Waals surface area contributed by atoms with E-state index in [0.717, 1.165) is 6.07 Å². The topological polar surface area (TPSA) is 98.1 Å². The van der Waals surface area contributed by atoms with Crippen LogP contribution in [0, 0.1) is 25.3 Å². The lowest BCUT2D eigenvalue weighted by molar-refractivity contribution is -0.384. The van der Waals surface area contributed by atoms with Crippen LogP contribution in [0.2, 0.25) is 0 Å². The van der Waals surface area contributed by atoms with Crippen molar-refractivity contribution in [1.82, 2.24) is 9.97 Å². The third-order valence-electron chi connectivity index (χ3n) is 3.84. The fourth-order valence-electron chi connectivity index (χ4n) is 2.54. The van der Waals surface area contributed by atoms with Crippen LogP contribution in [-0.4, -0.2) is 27.3 Å². The van der Waals surface area contributed by atoms with E-state index in [1.807, 2.05) is 22.6 Å². The second-order valence-corrected chi connectivity index (χ2v) is 8.20. The van der Waals surface area contributed by atoms with E-state index < -0.39 is 16.6 Å². The molecule has 1 N–H and O–H groups in total. The minimum Gasteiger partial charge on any atom is -0.493 e. The van der Waals surface area contributed by atoms with Crippen molar-refractivity contribution in [1.29, 1.82) is 0 Å². The maximum Gasteiger partial charge on any atom is 0.269 e. The molecule has 11 heteroatoms. The molecule has 0 saturated heterocycles. The van der Waals surface area contributed by atoms with Crippen molar-refractivity contribution in [2.75, 3.05) is 12.4 Å². The third-order valence-corrected chi connectivity index (χ3v) is 5.79. The van der Waals surface area contributed by atoms with Gasteiger partial charge in [0.15, 0.2) is 5.16 Å². The van der Waals surface area contributed by atoms with E-state index in [9.17, 15) is 23.7 Å². The number of hydrogen-bond acceptors (Lipinski definition) is 6. The number of H-pyrrole nitrogens is 1. The van der Waals surface area contributed by atoms with Crippen LogP contribution in [0.3, 0.4) is 0 Å². The van der Waals surface area contributed by atoms with Crippen LogP contribution in [-0.2, 0) is 6.42 Å². The zero-order chi connectivity index (χ0) is 21.7. The molecule has 2 aromatic carbocycles. The predicted octanol–water partition coefficient (Wildman–Crippen LogP) is 4.32. The van der Waals surface area contributed by atoms with Crippen molar-refractivity contribution >= 4 is 40.0 Å². The molecule has 0 fully saturated rings. The van der Waals surface area contributed by atoms with Crippen molar-refractivity contribution in [2.45, 2.75) is 11.6 Å². The van der Waals surface area contributed by atoms with Crippen LogP contribution in [0.5, 0.6) is 5.75 Å². The zero-order valence-electron chi connectivity index (χ0n) is 15.2. The number of benzene rings is 2. The number of nitrogens with zero attached hydrogens (tertiary/aromatic N) is 2. The number of ether oxygens (including phenoxy) is 1. The number of non-ortho nitro benzene ring substituents is 1.